The van der Waals surface area contributed by atoms with E-state index in [1.165, 1.54) is 6.07 Å². The SMILES string of the molecule is Cc1ccc2c(c1)C1(COC(N)=N1)c1cc(Br)cc(F)c1O2. The predicted octanol–water partition coefficient (Wildman–Crippen LogP) is 3.59. The Hall–Kier alpha value is -2.08. The number of fused-ring (bicyclic) bond motifs is 4. The summed E-state index contributed by atoms with van der Waals surface area (Å²) in [4.78, 5) is 4.49. The lowest BCUT2D eigenvalue weighted by Gasteiger charge is -2.33. The molecule has 4 nitrogen and oxygen atoms in total. The van der Waals surface area contributed by atoms with Crippen molar-refractivity contribution in [1.29, 1.82) is 0 Å². The summed E-state index contributed by atoms with van der Waals surface area (Å²) >= 11 is 3.33. The van der Waals surface area contributed by atoms with Crippen molar-refractivity contribution in [2.75, 3.05) is 6.61 Å². The molecule has 1 atom stereocenters. The minimum absolute atomic E-state index is 0.0979. The summed E-state index contributed by atoms with van der Waals surface area (Å²) in [5.41, 5.74) is 7.38. The van der Waals surface area contributed by atoms with Gasteiger partial charge in [-0.2, -0.15) is 0 Å². The maximum atomic E-state index is 14.4. The molecular formula is C16H12BrFN2O2. The van der Waals surface area contributed by atoms with Crippen molar-refractivity contribution in [2.24, 2.45) is 10.7 Å². The van der Waals surface area contributed by atoms with Crippen molar-refractivity contribution >= 4 is 22.0 Å². The fraction of sp³-hybridized carbons (Fsp3) is 0.188. The normalized spacial score (nSPS) is 21.7. The molecule has 0 saturated heterocycles. The van der Waals surface area contributed by atoms with E-state index >= 15 is 0 Å². The molecule has 4 rings (SSSR count). The fourth-order valence-electron chi connectivity index (χ4n) is 2.99. The maximum Gasteiger partial charge on any atom is 0.283 e. The van der Waals surface area contributed by atoms with Crippen LogP contribution in [0.4, 0.5) is 4.39 Å². The molecule has 0 fully saturated rings. The van der Waals surface area contributed by atoms with Gasteiger partial charge >= 0.3 is 0 Å². The van der Waals surface area contributed by atoms with Crippen LogP contribution in [-0.2, 0) is 10.3 Å². The first-order chi connectivity index (χ1) is 10.5. The van der Waals surface area contributed by atoms with Crippen LogP contribution < -0.4 is 10.5 Å². The van der Waals surface area contributed by atoms with Gasteiger partial charge in [-0.05, 0) is 31.2 Å². The highest BCUT2D eigenvalue weighted by atomic mass is 79.9. The minimum atomic E-state index is -0.871. The molecule has 0 radical (unpaired) electrons. The largest absolute Gasteiger partial charge is 0.462 e. The van der Waals surface area contributed by atoms with E-state index < -0.39 is 11.4 Å². The summed E-state index contributed by atoms with van der Waals surface area (Å²) < 4.78 is 26.2. The molecule has 2 aliphatic rings. The Labute approximate surface area is 134 Å². The Morgan fingerprint density at radius 1 is 1.27 bits per heavy atom. The third kappa shape index (κ3) is 1.76. The number of hydrogen-bond donors (Lipinski definition) is 1. The zero-order valence-electron chi connectivity index (χ0n) is 11.7. The summed E-state index contributed by atoms with van der Waals surface area (Å²) in [6.45, 7) is 2.20. The van der Waals surface area contributed by atoms with Crippen LogP contribution in [0.15, 0.2) is 39.8 Å². The third-order valence-corrected chi connectivity index (χ3v) is 4.43. The third-order valence-electron chi connectivity index (χ3n) is 3.98. The van der Waals surface area contributed by atoms with Gasteiger partial charge in [-0.25, -0.2) is 9.38 Å². The van der Waals surface area contributed by atoms with E-state index in [1.807, 2.05) is 25.1 Å². The van der Waals surface area contributed by atoms with Gasteiger partial charge in [0.05, 0.1) is 0 Å². The van der Waals surface area contributed by atoms with Gasteiger partial charge in [-0.3, -0.25) is 0 Å². The van der Waals surface area contributed by atoms with E-state index in [2.05, 4.69) is 20.9 Å². The standard InChI is InChI=1S/C16H12BrFN2O2/c1-8-2-3-13-10(4-8)16(7-21-15(19)20-16)11-5-9(17)6-12(18)14(11)22-13/h2-6H,7H2,1H3,(H2,19,20). The first-order valence-corrected chi connectivity index (χ1v) is 7.55. The quantitative estimate of drug-likeness (QED) is 0.778. The van der Waals surface area contributed by atoms with Gasteiger partial charge < -0.3 is 15.2 Å². The molecule has 112 valence electrons. The average molecular weight is 363 g/mol. The zero-order chi connectivity index (χ0) is 15.5. The van der Waals surface area contributed by atoms with Gasteiger partial charge in [0.2, 0.25) is 0 Å². The first kappa shape index (κ1) is 13.6. The van der Waals surface area contributed by atoms with Crippen molar-refractivity contribution in [2.45, 2.75) is 12.5 Å². The van der Waals surface area contributed by atoms with Gasteiger partial charge in [0.25, 0.3) is 6.02 Å². The van der Waals surface area contributed by atoms with Crippen molar-refractivity contribution in [1.82, 2.24) is 0 Å². The lowest BCUT2D eigenvalue weighted by atomic mass is 9.81. The Morgan fingerprint density at radius 2 is 2.09 bits per heavy atom. The first-order valence-electron chi connectivity index (χ1n) is 6.76. The van der Waals surface area contributed by atoms with Gasteiger partial charge in [0, 0.05) is 15.6 Å². The molecule has 0 aromatic heterocycles. The highest BCUT2D eigenvalue weighted by Gasteiger charge is 2.47. The highest BCUT2D eigenvalue weighted by molar-refractivity contribution is 9.10. The van der Waals surface area contributed by atoms with Crippen LogP contribution in [0, 0.1) is 12.7 Å². The van der Waals surface area contributed by atoms with Gasteiger partial charge in [-0.15, -0.1) is 0 Å². The number of nitrogens with two attached hydrogens (primary N) is 1. The molecule has 1 unspecified atom stereocenters. The lowest BCUT2D eigenvalue weighted by molar-refractivity contribution is 0.262. The van der Waals surface area contributed by atoms with Crippen LogP contribution in [0.25, 0.3) is 0 Å². The molecule has 2 aromatic carbocycles. The molecule has 2 aliphatic heterocycles. The number of aryl methyl sites for hydroxylation is 1. The number of halogens is 2. The van der Waals surface area contributed by atoms with E-state index in [0.717, 1.165) is 11.1 Å². The number of rotatable bonds is 0. The average Bonchev–Trinajstić information content (AvgIpc) is 2.85. The number of ether oxygens (including phenoxy) is 2. The maximum absolute atomic E-state index is 14.4. The Morgan fingerprint density at radius 3 is 2.82 bits per heavy atom. The summed E-state index contributed by atoms with van der Waals surface area (Å²) in [6.07, 6.45) is 0. The Bertz CT molecular complexity index is 837. The number of nitrogens with zero attached hydrogens (tertiary/aromatic N) is 1. The summed E-state index contributed by atoms with van der Waals surface area (Å²) in [5.74, 6) is 0.290. The Kier molecular flexibility index (Phi) is 2.75. The molecule has 2 N–H and O–H groups in total. The smallest absolute Gasteiger partial charge is 0.283 e. The van der Waals surface area contributed by atoms with Crippen molar-refractivity contribution in [3.05, 3.63) is 57.3 Å². The molecule has 2 heterocycles. The van der Waals surface area contributed by atoms with Crippen LogP contribution in [-0.4, -0.2) is 12.6 Å². The lowest BCUT2D eigenvalue weighted by Crippen LogP contribution is -2.31. The summed E-state index contributed by atoms with van der Waals surface area (Å²) in [5, 5.41) is 0. The van der Waals surface area contributed by atoms with E-state index in [4.69, 9.17) is 15.2 Å². The molecule has 22 heavy (non-hydrogen) atoms. The van der Waals surface area contributed by atoms with Crippen LogP contribution in [0.1, 0.15) is 16.7 Å². The molecular weight excluding hydrogens is 351 g/mol. The second-order valence-electron chi connectivity index (χ2n) is 5.46. The van der Waals surface area contributed by atoms with Crippen molar-refractivity contribution in [3.8, 4) is 11.5 Å². The van der Waals surface area contributed by atoms with Crippen LogP contribution in [0.2, 0.25) is 0 Å². The van der Waals surface area contributed by atoms with Gasteiger partial charge in [-0.1, -0.05) is 27.6 Å². The fourth-order valence-corrected chi connectivity index (χ4v) is 3.42. The monoisotopic (exact) mass is 362 g/mol. The van der Waals surface area contributed by atoms with E-state index in [0.29, 0.717) is 15.8 Å². The summed E-state index contributed by atoms with van der Waals surface area (Å²) in [6, 6.07) is 8.98. The zero-order valence-corrected chi connectivity index (χ0v) is 13.3. The molecule has 0 bridgehead atoms. The van der Waals surface area contributed by atoms with Crippen LogP contribution in [0.5, 0.6) is 11.5 Å². The molecule has 2 aromatic rings. The van der Waals surface area contributed by atoms with E-state index in [9.17, 15) is 4.39 Å². The number of amidine groups is 1. The molecule has 0 aliphatic carbocycles. The molecule has 0 saturated carbocycles. The number of benzene rings is 2. The number of aliphatic imine (C=N–C) groups is 1. The van der Waals surface area contributed by atoms with Crippen LogP contribution in [0.3, 0.4) is 0 Å². The molecule has 6 heteroatoms. The second-order valence-corrected chi connectivity index (χ2v) is 6.38. The van der Waals surface area contributed by atoms with Crippen molar-refractivity contribution < 1.29 is 13.9 Å². The predicted molar refractivity (Wildman–Crippen MR) is 83.7 cm³/mol. The van der Waals surface area contributed by atoms with E-state index in [-0.39, 0.29) is 18.4 Å². The van der Waals surface area contributed by atoms with E-state index in [1.54, 1.807) is 6.07 Å². The second kappa shape index (κ2) is 4.46. The molecule has 0 amide bonds. The van der Waals surface area contributed by atoms with Gasteiger partial charge in [0.15, 0.2) is 17.1 Å². The Balaban J connectivity index is 2.08. The number of hydrogen-bond acceptors (Lipinski definition) is 4. The topological polar surface area (TPSA) is 56.8 Å². The highest BCUT2D eigenvalue weighted by Crippen LogP contribution is 2.52. The van der Waals surface area contributed by atoms with Gasteiger partial charge in [0.1, 0.15) is 12.4 Å². The summed E-state index contributed by atoms with van der Waals surface area (Å²) in [7, 11) is 0. The van der Waals surface area contributed by atoms with Crippen molar-refractivity contribution in [3.63, 3.8) is 0 Å². The molecule has 1 spiro atoms. The van der Waals surface area contributed by atoms with Crippen LogP contribution >= 0.6 is 15.9 Å². The minimum Gasteiger partial charge on any atom is -0.462 e.